The van der Waals surface area contributed by atoms with Crippen LogP contribution in [-0.4, -0.2) is 15.6 Å². The summed E-state index contributed by atoms with van der Waals surface area (Å²) in [7, 11) is 0. The van der Waals surface area contributed by atoms with E-state index in [0.717, 1.165) is 0 Å². The minimum Gasteiger partial charge on any atom is -0.139 e. The monoisotopic (exact) mass is 310 g/mol. The zero-order chi connectivity index (χ0) is 14.1. The molecule has 0 saturated carbocycles. The molecule has 1 saturated heterocycles. The van der Waals surface area contributed by atoms with E-state index in [1.165, 1.54) is 34.6 Å². The number of thioether (sulfide) groups is 2. The van der Waals surface area contributed by atoms with E-state index in [4.69, 9.17) is 0 Å². The van der Waals surface area contributed by atoms with E-state index in [2.05, 4.69) is 90.3 Å². The van der Waals surface area contributed by atoms with E-state index in [0.29, 0.717) is 10.00 Å². The smallest absolute Gasteiger partial charge is 0.0807 e. The maximum Gasteiger partial charge on any atom is 0.0807 e. The Bertz CT molecular complexity index is 640. The second-order valence-electron chi connectivity index (χ2n) is 5.64. The van der Waals surface area contributed by atoms with Gasteiger partial charge in [0.2, 0.25) is 0 Å². The standard InChI is InChI=1S/C19H18S2/c1-3-7-15(8-4-1)17-13-19(20-11-12-21-19)14-18(17)16-9-5-2-6-10-16/h1-10,13,18H,11-12,14H2. The molecule has 1 atom stereocenters. The Labute approximate surface area is 135 Å². The molecule has 0 nitrogen and oxygen atoms in total. The van der Waals surface area contributed by atoms with Crippen LogP contribution >= 0.6 is 23.5 Å². The molecule has 2 aliphatic rings. The van der Waals surface area contributed by atoms with Crippen molar-refractivity contribution in [2.45, 2.75) is 16.4 Å². The molecule has 106 valence electrons. The van der Waals surface area contributed by atoms with E-state index in [-0.39, 0.29) is 0 Å². The first kappa shape index (κ1) is 13.5. The number of hydrogen-bond acceptors (Lipinski definition) is 2. The Morgan fingerprint density at radius 2 is 1.43 bits per heavy atom. The van der Waals surface area contributed by atoms with Gasteiger partial charge in [-0.15, -0.1) is 23.5 Å². The number of rotatable bonds is 2. The van der Waals surface area contributed by atoms with Gasteiger partial charge < -0.3 is 0 Å². The van der Waals surface area contributed by atoms with Crippen LogP contribution in [0.1, 0.15) is 23.5 Å². The van der Waals surface area contributed by atoms with Crippen molar-refractivity contribution >= 4 is 29.1 Å². The first-order valence-corrected chi connectivity index (χ1v) is 9.44. The number of benzene rings is 2. The molecule has 1 heterocycles. The van der Waals surface area contributed by atoms with Crippen molar-refractivity contribution < 1.29 is 0 Å². The van der Waals surface area contributed by atoms with Crippen molar-refractivity contribution in [3.05, 3.63) is 77.9 Å². The van der Waals surface area contributed by atoms with Crippen LogP contribution in [0.2, 0.25) is 0 Å². The largest absolute Gasteiger partial charge is 0.139 e. The van der Waals surface area contributed by atoms with Gasteiger partial charge in [0.15, 0.2) is 0 Å². The highest BCUT2D eigenvalue weighted by molar-refractivity contribution is 8.21. The molecule has 1 aliphatic carbocycles. The molecule has 2 aromatic rings. The molecule has 0 N–H and O–H groups in total. The van der Waals surface area contributed by atoms with Crippen LogP contribution in [0.3, 0.4) is 0 Å². The summed E-state index contributed by atoms with van der Waals surface area (Å²) in [5.74, 6) is 3.10. The SMILES string of the molecule is C1=C(c2ccccc2)C(c2ccccc2)CC12SCCS2. The summed E-state index contributed by atoms with van der Waals surface area (Å²) in [6.45, 7) is 0. The second kappa shape index (κ2) is 5.58. The van der Waals surface area contributed by atoms with Crippen molar-refractivity contribution in [2.75, 3.05) is 11.5 Å². The van der Waals surface area contributed by atoms with Crippen molar-refractivity contribution in [3.63, 3.8) is 0 Å². The Kier molecular flexibility index (Phi) is 3.60. The average Bonchev–Trinajstić information content (AvgIpc) is 3.17. The van der Waals surface area contributed by atoms with E-state index in [1.807, 2.05) is 0 Å². The Morgan fingerprint density at radius 1 is 0.810 bits per heavy atom. The summed E-state index contributed by atoms with van der Waals surface area (Å²) >= 11 is 4.27. The summed E-state index contributed by atoms with van der Waals surface area (Å²) in [5, 5.41) is 0. The molecule has 2 aromatic carbocycles. The van der Waals surface area contributed by atoms with Gasteiger partial charge in [-0.25, -0.2) is 0 Å². The zero-order valence-corrected chi connectivity index (χ0v) is 13.5. The fourth-order valence-corrected chi connectivity index (χ4v) is 6.54. The second-order valence-corrected chi connectivity index (χ2v) is 8.75. The highest BCUT2D eigenvalue weighted by Gasteiger charge is 2.43. The Hall–Kier alpha value is -1.12. The van der Waals surface area contributed by atoms with Crippen LogP contribution < -0.4 is 0 Å². The van der Waals surface area contributed by atoms with Crippen LogP contribution in [0.4, 0.5) is 0 Å². The minimum absolute atomic E-state index is 0.311. The molecule has 21 heavy (non-hydrogen) atoms. The van der Waals surface area contributed by atoms with Gasteiger partial charge in [-0.2, -0.15) is 0 Å². The Morgan fingerprint density at radius 3 is 2.10 bits per heavy atom. The fraction of sp³-hybridized carbons (Fsp3) is 0.263. The summed E-state index contributed by atoms with van der Waals surface area (Å²) in [5.41, 5.74) is 4.36. The molecule has 1 aliphatic heterocycles. The lowest BCUT2D eigenvalue weighted by Crippen LogP contribution is -2.11. The topological polar surface area (TPSA) is 0 Å². The highest BCUT2D eigenvalue weighted by atomic mass is 32.2. The van der Waals surface area contributed by atoms with E-state index >= 15 is 0 Å². The summed E-state index contributed by atoms with van der Waals surface area (Å²) in [4.78, 5) is 0. The van der Waals surface area contributed by atoms with Gasteiger partial charge in [0.1, 0.15) is 0 Å². The zero-order valence-electron chi connectivity index (χ0n) is 11.9. The van der Waals surface area contributed by atoms with Crippen molar-refractivity contribution in [3.8, 4) is 0 Å². The lowest BCUT2D eigenvalue weighted by Gasteiger charge is -2.21. The summed E-state index contributed by atoms with van der Waals surface area (Å²) < 4.78 is 0.311. The van der Waals surface area contributed by atoms with Crippen LogP contribution in [-0.2, 0) is 0 Å². The van der Waals surface area contributed by atoms with Gasteiger partial charge in [0.05, 0.1) is 4.08 Å². The molecule has 0 bridgehead atoms. The molecule has 1 spiro atoms. The molecular weight excluding hydrogens is 292 g/mol. The molecular formula is C19H18S2. The van der Waals surface area contributed by atoms with Gasteiger partial charge in [-0.1, -0.05) is 66.7 Å². The molecule has 4 rings (SSSR count). The van der Waals surface area contributed by atoms with Crippen LogP contribution in [0.15, 0.2) is 66.7 Å². The lowest BCUT2D eigenvalue weighted by atomic mass is 9.89. The summed E-state index contributed by atoms with van der Waals surface area (Å²) in [6.07, 6.45) is 3.79. The van der Waals surface area contributed by atoms with Crippen LogP contribution in [0, 0.1) is 0 Å². The van der Waals surface area contributed by atoms with E-state index < -0.39 is 0 Å². The maximum atomic E-state index is 2.56. The van der Waals surface area contributed by atoms with Gasteiger partial charge in [0, 0.05) is 17.4 Å². The molecule has 0 radical (unpaired) electrons. The van der Waals surface area contributed by atoms with Crippen molar-refractivity contribution in [1.29, 1.82) is 0 Å². The molecule has 2 heteroatoms. The van der Waals surface area contributed by atoms with Crippen LogP contribution in [0.25, 0.3) is 5.57 Å². The predicted molar refractivity (Wildman–Crippen MR) is 95.9 cm³/mol. The van der Waals surface area contributed by atoms with Gasteiger partial charge in [0.25, 0.3) is 0 Å². The summed E-state index contributed by atoms with van der Waals surface area (Å²) in [6, 6.07) is 21.9. The minimum atomic E-state index is 0.311. The third-order valence-electron chi connectivity index (χ3n) is 4.32. The van der Waals surface area contributed by atoms with Gasteiger partial charge in [-0.05, 0) is 23.1 Å². The van der Waals surface area contributed by atoms with Crippen LogP contribution in [0.5, 0.6) is 0 Å². The third-order valence-corrected chi connectivity index (χ3v) is 7.65. The Balaban J connectivity index is 1.78. The number of hydrogen-bond donors (Lipinski definition) is 0. The lowest BCUT2D eigenvalue weighted by molar-refractivity contribution is 0.797. The first-order valence-electron chi connectivity index (χ1n) is 7.47. The number of allylic oxidation sites excluding steroid dienone is 1. The third kappa shape index (κ3) is 2.56. The molecule has 0 amide bonds. The fourth-order valence-electron chi connectivity index (χ4n) is 3.36. The maximum absolute atomic E-state index is 2.56. The van der Waals surface area contributed by atoms with E-state index in [9.17, 15) is 0 Å². The van der Waals surface area contributed by atoms with Gasteiger partial charge >= 0.3 is 0 Å². The molecule has 1 unspecified atom stereocenters. The predicted octanol–water partition coefficient (Wildman–Crippen LogP) is 5.43. The first-order chi connectivity index (χ1) is 10.4. The molecule has 1 fully saturated rings. The quantitative estimate of drug-likeness (QED) is 0.725. The highest BCUT2D eigenvalue weighted by Crippen LogP contribution is 2.58. The van der Waals surface area contributed by atoms with Gasteiger partial charge in [-0.3, -0.25) is 0 Å². The molecule has 0 aromatic heterocycles. The van der Waals surface area contributed by atoms with E-state index in [1.54, 1.807) is 0 Å². The normalized spacial score (nSPS) is 23.4. The van der Waals surface area contributed by atoms with Crippen molar-refractivity contribution in [1.82, 2.24) is 0 Å². The van der Waals surface area contributed by atoms with Crippen molar-refractivity contribution in [2.24, 2.45) is 0 Å². The average molecular weight is 310 g/mol.